The minimum atomic E-state index is -0.564. The van der Waals surface area contributed by atoms with Crippen molar-refractivity contribution < 1.29 is 18.4 Å². The molecule has 1 saturated heterocycles. The van der Waals surface area contributed by atoms with Crippen molar-refractivity contribution in [3.8, 4) is 11.3 Å². The Hall–Kier alpha value is -2.35. The molecule has 4 rings (SSSR count). The maximum Gasteiger partial charge on any atom is 0.293 e. The fourth-order valence-corrected chi connectivity index (χ4v) is 4.11. The number of halogens is 3. The zero-order valence-corrected chi connectivity index (χ0v) is 17.9. The van der Waals surface area contributed by atoms with Crippen LogP contribution in [0, 0.1) is 5.82 Å². The lowest BCUT2D eigenvalue weighted by atomic mass is 10.2. The van der Waals surface area contributed by atoms with Gasteiger partial charge in [0.25, 0.3) is 11.1 Å². The van der Waals surface area contributed by atoms with Crippen LogP contribution in [0.15, 0.2) is 68.4 Å². The summed E-state index contributed by atoms with van der Waals surface area (Å²) in [5.41, 5.74) is 0.989. The Morgan fingerprint density at radius 3 is 2.59 bits per heavy atom. The Morgan fingerprint density at radius 1 is 1.10 bits per heavy atom. The first-order valence-electron chi connectivity index (χ1n) is 8.46. The quantitative estimate of drug-likeness (QED) is 0.379. The molecule has 0 spiro atoms. The van der Waals surface area contributed by atoms with Crippen molar-refractivity contribution in [2.75, 3.05) is 0 Å². The van der Waals surface area contributed by atoms with E-state index in [4.69, 9.17) is 16.0 Å². The van der Waals surface area contributed by atoms with Gasteiger partial charge in [-0.3, -0.25) is 14.5 Å². The number of hydrogen-bond donors (Lipinski definition) is 0. The van der Waals surface area contributed by atoms with Gasteiger partial charge in [-0.25, -0.2) is 4.39 Å². The van der Waals surface area contributed by atoms with E-state index in [0.717, 1.165) is 26.7 Å². The summed E-state index contributed by atoms with van der Waals surface area (Å²) in [7, 11) is 0. The van der Waals surface area contributed by atoms with Gasteiger partial charge >= 0.3 is 0 Å². The second kappa shape index (κ2) is 8.18. The van der Waals surface area contributed by atoms with Crippen LogP contribution < -0.4 is 0 Å². The normalized spacial score (nSPS) is 15.6. The van der Waals surface area contributed by atoms with E-state index in [-0.39, 0.29) is 22.0 Å². The summed E-state index contributed by atoms with van der Waals surface area (Å²) in [5.74, 6) is 0.00470. The molecule has 1 aromatic heterocycles. The highest BCUT2D eigenvalue weighted by Crippen LogP contribution is 2.35. The van der Waals surface area contributed by atoms with Crippen LogP contribution in [-0.2, 0) is 11.3 Å². The number of hydrogen-bond acceptors (Lipinski definition) is 4. The molecule has 0 atom stereocenters. The maximum absolute atomic E-state index is 14.0. The van der Waals surface area contributed by atoms with Gasteiger partial charge in [-0.1, -0.05) is 45.7 Å². The van der Waals surface area contributed by atoms with Gasteiger partial charge in [-0.05, 0) is 48.2 Å². The Bertz CT molecular complexity index is 1120. The van der Waals surface area contributed by atoms with Crippen LogP contribution in [0.3, 0.4) is 0 Å². The smallest absolute Gasteiger partial charge is 0.293 e. The minimum Gasteiger partial charge on any atom is -0.457 e. The highest BCUT2D eigenvalue weighted by Gasteiger charge is 2.36. The second-order valence-electron chi connectivity index (χ2n) is 6.18. The van der Waals surface area contributed by atoms with Crippen molar-refractivity contribution in [1.29, 1.82) is 0 Å². The molecular weight excluding hydrogens is 481 g/mol. The monoisotopic (exact) mass is 491 g/mol. The third kappa shape index (κ3) is 4.17. The number of carbonyl (C=O) groups is 2. The molecule has 0 saturated carbocycles. The van der Waals surface area contributed by atoms with Gasteiger partial charge in [0.1, 0.15) is 17.3 Å². The highest BCUT2D eigenvalue weighted by molar-refractivity contribution is 9.10. The number of imide groups is 1. The Kier molecular flexibility index (Phi) is 5.63. The predicted molar refractivity (Wildman–Crippen MR) is 115 cm³/mol. The van der Waals surface area contributed by atoms with Crippen LogP contribution in [0.5, 0.6) is 0 Å². The number of nitrogens with zero attached hydrogens (tertiary/aromatic N) is 1. The van der Waals surface area contributed by atoms with Gasteiger partial charge in [0.2, 0.25) is 0 Å². The maximum atomic E-state index is 14.0. The van der Waals surface area contributed by atoms with Crippen molar-refractivity contribution in [2.24, 2.45) is 0 Å². The predicted octanol–water partition coefficient (Wildman–Crippen LogP) is 6.74. The second-order valence-corrected chi connectivity index (χ2v) is 8.49. The summed E-state index contributed by atoms with van der Waals surface area (Å²) in [4.78, 5) is 26.1. The zero-order valence-electron chi connectivity index (χ0n) is 14.7. The van der Waals surface area contributed by atoms with Crippen molar-refractivity contribution in [1.82, 2.24) is 4.90 Å². The lowest BCUT2D eigenvalue weighted by Crippen LogP contribution is -2.28. The highest BCUT2D eigenvalue weighted by atomic mass is 79.9. The van der Waals surface area contributed by atoms with Gasteiger partial charge in [0.05, 0.1) is 11.4 Å². The fraction of sp³-hybridized carbons (Fsp3) is 0.0476. The SMILES string of the molecule is O=C1S/C(=C\c2ccc(-c3ccc(Br)cc3)o2)C(=O)N1Cc1c(F)cccc1Cl. The van der Waals surface area contributed by atoms with E-state index in [1.165, 1.54) is 24.3 Å². The van der Waals surface area contributed by atoms with E-state index in [1.807, 2.05) is 24.3 Å². The van der Waals surface area contributed by atoms with E-state index in [1.54, 1.807) is 12.1 Å². The molecule has 2 aromatic carbocycles. The fourth-order valence-electron chi connectivity index (χ4n) is 2.81. The average Bonchev–Trinajstić information content (AvgIpc) is 3.25. The van der Waals surface area contributed by atoms with Gasteiger partial charge in [-0.2, -0.15) is 0 Å². The number of benzene rings is 2. The molecular formula is C21H12BrClFNO3S. The largest absolute Gasteiger partial charge is 0.457 e. The number of rotatable bonds is 4. The van der Waals surface area contributed by atoms with Gasteiger partial charge < -0.3 is 4.42 Å². The van der Waals surface area contributed by atoms with Crippen molar-refractivity contribution in [2.45, 2.75) is 6.54 Å². The lowest BCUT2D eigenvalue weighted by Gasteiger charge is -2.14. The molecule has 4 nitrogen and oxygen atoms in total. The molecule has 3 aromatic rings. The molecule has 146 valence electrons. The summed E-state index contributed by atoms with van der Waals surface area (Å²) >= 11 is 10.2. The van der Waals surface area contributed by atoms with Crippen molar-refractivity contribution in [3.05, 3.63) is 86.1 Å². The van der Waals surface area contributed by atoms with Crippen LogP contribution in [0.4, 0.5) is 9.18 Å². The first kappa shape index (κ1) is 19.9. The summed E-state index contributed by atoms with van der Waals surface area (Å²) < 4.78 is 20.8. The first-order valence-corrected chi connectivity index (χ1v) is 10.4. The molecule has 1 aliphatic rings. The Morgan fingerprint density at radius 2 is 1.86 bits per heavy atom. The van der Waals surface area contributed by atoms with Crippen molar-refractivity contribution >= 4 is 56.5 Å². The van der Waals surface area contributed by atoms with Crippen LogP contribution in [-0.4, -0.2) is 16.0 Å². The van der Waals surface area contributed by atoms with E-state index < -0.39 is 17.0 Å². The molecule has 0 bridgehead atoms. The molecule has 0 unspecified atom stereocenters. The van der Waals surface area contributed by atoms with E-state index in [9.17, 15) is 14.0 Å². The third-order valence-corrected chi connectivity index (χ3v) is 6.07. The molecule has 2 amide bonds. The van der Waals surface area contributed by atoms with Gasteiger partial charge in [-0.15, -0.1) is 0 Å². The lowest BCUT2D eigenvalue weighted by molar-refractivity contribution is -0.123. The number of furan rings is 1. The summed E-state index contributed by atoms with van der Waals surface area (Å²) in [6.07, 6.45) is 1.51. The Labute approximate surface area is 183 Å². The number of carbonyl (C=O) groups excluding carboxylic acids is 2. The van der Waals surface area contributed by atoms with E-state index >= 15 is 0 Å². The molecule has 29 heavy (non-hydrogen) atoms. The van der Waals surface area contributed by atoms with Crippen LogP contribution in [0.2, 0.25) is 5.02 Å². The molecule has 0 aliphatic carbocycles. The summed E-state index contributed by atoms with van der Waals surface area (Å²) in [6.45, 7) is -0.226. The minimum absolute atomic E-state index is 0.105. The molecule has 8 heteroatoms. The summed E-state index contributed by atoms with van der Waals surface area (Å²) in [6, 6.07) is 15.3. The molecule has 2 heterocycles. The topological polar surface area (TPSA) is 50.5 Å². The third-order valence-electron chi connectivity index (χ3n) is 4.28. The van der Waals surface area contributed by atoms with E-state index in [0.29, 0.717) is 11.5 Å². The van der Waals surface area contributed by atoms with E-state index in [2.05, 4.69) is 15.9 Å². The van der Waals surface area contributed by atoms with Gasteiger partial charge in [0.15, 0.2) is 0 Å². The Balaban J connectivity index is 1.56. The molecule has 0 N–H and O–H groups in total. The molecule has 1 fully saturated rings. The van der Waals surface area contributed by atoms with Gasteiger partial charge in [0, 0.05) is 26.7 Å². The average molecular weight is 493 g/mol. The van der Waals surface area contributed by atoms with Crippen molar-refractivity contribution in [3.63, 3.8) is 0 Å². The van der Waals surface area contributed by atoms with Crippen LogP contribution in [0.1, 0.15) is 11.3 Å². The van der Waals surface area contributed by atoms with Crippen LogP contribution >= 0.6 is 39.3 Å². The number of thioether (sulfide) groups is 1. The first-order chi connectivity index (χ1) is 13.9. The van der Waals surface area contributed by atoms with Crippen LogP contribution in [0.25, 0.3) is 17.4 Å². The zero-order chi connectivity index (χ0) is 20.5. The summed E-state index contributed by atoms with van der Waals surface area (Å²) in [5, 5.41) is -0.321. The number of amides is 2. The molecule has 0 radical (unpaired) electrons. The molecule has 1 aliphatic heterocycles. The standard InChI is InChI=1S/C21H12BrClFNO3S/c22-13-6-4-12(5-7-13)18-9-8-14(28-18)10-19-20(26)25(21(27)29-19)11-15-16(23)2-1-3-17(15)24/h1-10H,11H2/b19-10-.